The Morgan fingerprint density at radius 2 is 1.47 bits per heavy atom. The zero-order chi connectivity index (χ0) is 22.8. The van der Waals surface area contributed by atoms with E-state index in [4.69, 9.17) is 4.74 Å². The van der Waals surface area contributed by atoms with Crippen LogP contribution in [0.15, 0.2) is 100 Å². The Bertz CT molecular complexity index is 1230. The van der Waals surface area contributed by atoms with Gasteiger partial charge in [-0.1, -0.05) is 48.2 Å². The van der Waals surface area contributed by atoms with E-state index in [1.54, 1.807) is 12.1 Å². The first-order valence-electron chi connectivity index (χ1n) is 9.69. The van der Waals surface area contributed by atoms with Gasteiger partial charge in [0, 0.05) is 12.0 Å². The number of hydrogen-bond acceptors (Lipinski definition) is 6. The molecule has 0 aromatic heterocycles. The van der Waals surface area contributed by atoms with Crippen LogP contribution in [-0.4, -0.2) is 27.5 Å². The van der Waals surface area contributed by atoms with Gasteiger partial charge < -0.3 is 4.74 Å². The van der Waals surface area contributed by atoms with Crippen LogP contribution < -0.4 is 4.72 Å². The quantitative estimate of drug-likeness (QED) is 0.330. The second-order valence-corrected chi connectivity index (χ2v) is 8.31. The number of benzene rings is 3. The molecule has 0 saturated heterocycles. The number of nitrogens with zero attached hydrogens (tertiary/aromatic N) is 2. The third-order valence-electron chi connectivity index (χ3n) is 4.28. The number of sulfonamides is 1. The maximum Gasteiger partial charge on any atom is 0.324 e. The lowest BCUT2D eigenvalue weighted by Crippen LogP contribution is -2.41. The predicted octanol–water partition coefficient (Wildman–Crippen LogP) is 4.36. The molecule has 0 aliphatic carbocycles. The van der Waals surface area contributed by atoms with E-state index in [-0.39, 0.29) is 11.3 Å². The summed E-state index contributed by atoms with van der Waals surface area (Å²) in [7, 11) is -2.79. The van der Waals surface area contributed by atoms with E-state index in [1.807, 2.05) is 48.5 Å². The normalized spacial score (nSPS) is 12.0. The molecule has 1 unspecified atom stereocenters. The Morgan fingerprint density at radius 3 is 2.06 bits per heavy atom. The van der Waals surface area contributed by atoms with Crippen molar-refractivity contribution >= 4 is 27.4 Å². The van der Waals surface area contributed by atoms with Gasteiger partial charge >= 0.3 is 5.97 Å². The summed E-state index contributed by atoms with van der Waals surface area (Å²) in [6.07, 6.45) is -0.0375. The minimum absolute atomic E-state index is 0.0129. The summed E-state index contributed by atoms with van der Waals surface area (Å²) in [5, 5.41) is 8.18. The third kappa shape index (κ3) is 6.60. The van der Waals surface area contributed by atoms with Gasteiger partial charge in [-0.15, -0.1) is 0 Å². The molecule has 0 aliphatic heterocycles. The lowest BCUT2D eigenvalue weighted by atomic mass is 10.2. The van der Waals surface area contributed by atoms with E-state index in [9.17, 15) is 13.2 Å². The van der Waals surface area contributed by atoms with Crippen LogP contribution in [0.2, 0.25) is 0 Å². The first-order chi connectivity index (χ1) is 15.5. The molecule has 0 spiro atoms. The molecule has 32 heavy (non-hydrogen) atoms. The molecule has 0 fully saturated rings. The number of carbonyl (C=O) groups is 1. The van der Waals surface area contributed by atoms with Crippen LogP contribution in [0.1, 0.15) is 12.0 Å². The van der Waals surface area contributed by atoms with E-state index in [0.717, 1.165) is 5.56 Å². The number of esters is 1. The largest absolute Gasteiger partial charge is 0.468 e. The van der Waals surface area contributed by atoms with E-state index in [2.05, 4.69) is 26.8 Å². The molecular weight excluding hydrogens is 426 g/mol. The van der Waals surface area contributed by atoms with Crippen LogP contribution in [0.4, 0.5) is 11.4 Å². The number of carbonyl (C=O) groups excluding carboxylic acids is 1. The van der Waals surface area contributed by atoms with Gasteiger partial charge in [0.25, 0.3) is 0 Å². The number of rotatable bonds is 7. The topological polar surface area (TPSA) is 97.2 Å². The molecule has 162 valence electrons. The van der Waals surface area contributed by atoms with Gasteiger partial charge in [0.1, 0.15) is 6.04 Å². The molecule has 3 aromatic rings. The van der Waals surface area contributed by atoms with Gasteiger partial charge in [0.05, 0.1) is 23.4 Å². The highest BCUT2D eigenvalue weighted by Crippen LogP contribution is 2.20. The van der Waals surface area contributed by atoms with Crippen molar-refractivity contribution < 1.29 is 17.9 Å². The molecule has 3 rings (SSSR count). The Kier molecular flexibility index (Phi) is 7.86. The zero-order valence-electron chi connectivity index (χ0n) is 17.3. The minimum atomic E-state index is -3.98. The Balaban J connectivity index is 1.71. The van der Waals surface area contributed by atoms with Crippen LogP contribution in [-0.2, 0) is 19.6 Å². The van der Waals surface area contributed by atoms with Crippen LogP contribution in [0, 0.1) is 11.8 Å². The minimum Gasteiger partial charge on any atom is -0.468 e. The van der Waals surface area contributed by atoms with Gasteiger partial charge in [-0.2, -0.15) is 15.0 Å². The first-order valence-corrected chi connectivity index (χ1v) is 11.2. The molecule has 7 nitrogen and oxygen atoms in total. The third-order valence-corrected chi connectivity index (χ3v) is 5.77. The maximum atomic E-state index is 12.8. The fourth-order valence-electron chi connectivity index (χ4n) is 2.65. The van der Waals surface area contributed by atoms with Crippen LogP contribution in [0.5, 0.6) is 0 Å². The molecule has 0 saturated carbocycles. The second kappa shape index (κ2) is 11.0. The molecule has 3 aromatic carbocycles. The Labute approximate surface area is 187 Å². The van der Waals surface area contributed by atoms with Crippen molar-refractivity contribution in [1.29, 1.82) is 0 Å². The fourth-order valence-corrected chi connectivity index (χ4v) is 3.83. The van der Waals surface area contributed by atoms with E-state index >= 15 is 0 Å². The lowest BCUT2D eigenvalue weighted by molar-refractivity contribution is -0.142. The molecule has 1 atom stereocenters. The summed E-state index contributed by atoms with van der Waals surface area (Å²) >= 11 is 0. The van der Waals surface area contributed by atoms with Crippen molar-refractivity contribution in [1.82, 2.24) is 4.72 Å². The molecule has 0 heterocycles. The molecule has 0 aliphatic rings. The Morgan fingerprint density at radius 1 is 0.906 bits per heavy atom. The number of methoxy groups -OCH3 is 1. The van der Waals surface area contributed by atoms with Gasteiger partial charge in [-0.25, -0.2) is 8.42 Å². The number of azo groups is 1. The molecule has 1 N–H and O–H groups in total. The molecule has 8 heteroatoms. The summed E-state index contributed by atoms with van der Waals surface area (Å²) in [6.45, 7) is 0. The summed E-state index contributed by atoms with van der Waals surface area (Å²) in [4.78, 5) is 12.1. The summed E-state index contributed by atoms with van der Waals surface area (Å²) in [5.74, 6) is 5.01. The van der Waals surface area contributed by atoms with Crippen LogP contribution in [0.25, 0.3) is 0 Å². The smallest absolute Gasteiger partial charge is 0.324 e. The van der Waals surface area contributed by atoms with Crippen molar-refractivity contribution in [3.05, 3.63) is 90.5 Å². The van der Waals surface area contributed by atoms with Gasteiger partial charge in [-0.05, 0) is 48.5 Å². The zero-order valence-corrected chi connectivity index (χ0v) is 18.1. The monoisotopic (exact) mass is 447 g/mol. The highest BCUT2D eigenvalue weighted by Gasteiger charge is 2.25. The SMILES string of the molecule is COC(=O)C(CC#Cc1ccccc1)NS(=O)(=O)c1ccc(N=Nc2ccccc2)cc1. The summed E-state index contributed by atoms with van der Waals surface area (Å²) in [6, 6.07) is 23.1. The van der Waals surface area contributed by atoms with E-state index < -0.39 is 22.0 Å². The van der Waals surface area contributed by atoms with Crippen LogP contribution >= 0.6 is 0 Å². The second-order valence-electron chi connectivity index (χ2n) is 6.60. The van der Waals surface area contributed by atoms with Gasteiger partial charge in [0.15, 0.2) is 0 Å². The fraction of sp³-hybridized carbons (Fsp3) is 0.125. The number of ether oxygens (including phenoxy) is 1. The van der Waals surface area contributed by atoms with Gasteiger partial charge in [0.2, 0.25) is 10.0 Å². The first kappa shape index (κ1) is 22.9. The van der Waals surface area contributed by atoms with Crippen molar-refractivity contribution in [2.75, 3.05) is 7.11 Å². The number of hydrogen-bond donors (Lipinski definition) is 1. The standard InChI is InChI=1S/C24H21N3O4S/c1-31-24(28)23(14-8-11-19-9-4-2-5-10-19)27-32(29,30)22-17-15-21(16-18-22)26-25-20-12-6-3-7-13-20/h2-7,9-10,12-13,15-18,23,27H,14H2,1H3. The molecule has 0 radical (unpaired) electrons. The summed E-state index contributed by atoms with van der Waals surface area (Å²) < 4.78 is 32.6. The Hall–Kier alpha value is -3.80. The van der Waals surface area contributed by atoms with Crippen molar-refractivity contribution in [3.8, 4) is 11.8 Å². The highest BCUT2D eigenvalue weighted by atomic mass is 32.2. The average Bonchev–Trinajstić information content (AvgIpc) is 2.83. The van der Waals surface area contributed by atoms with Gasteiger partial charge in [-0.3, -0.25) is 4.79 Å². The molecule has 0 amide bonds. The lowest BCUT2D eigenvalue weighted by Gasteiger charge is -2.14. The maximum absolute atomic E-state index is 12.8. The van der Waals surface area contributed by atoms with Crippen molar-refractivity contribution in [2.24, 2.45) is 10.2 Å². The summed E-state index contributed by atoms with van der Waals surface area (Å²) in [5.41, 5.74) is 1.94. The highest BCUT2D eigenvalue weighted by molar-refractivity contribution is 7.89. The number of nitrogens with one attached hydrogen (secondary N) is 1. The molecule has 0 bridgehead atoms. The van der Waals surface area contributed by atoms with Crippen molar-refractivity contribution in [3.63, 3.8) is 0 Å². The van der Waals surface area contributed by atoms with Crippen molar-refractivity contribution in [2.45, 2.75) is 17.4 Å². The predicted molar refractivity (Wildman–Crippen MR) is 121 cm³/mol. The van der Waals surface area contributed by atoms with E-state index in [0.29, 0.717) is 11.4 Å². The average molecular weight is 448 g/mol. The van der Waals surface area contributed by atoms with E-state index in [1.165, 1.54) is 31.4 Å². The molecular formula is C24H21N3O4S. The van der Waals surface area contributed by atoms with Crippen LogP contribution in [0.3, 0.4) is 0 Å².